The van der Waals surface area contributed by atoms with Crippen molar-refractivity contribution in [2.75, 3.05) is 14.2 Å². The molecule has 1 N–H and O–H groups in total. The van der Waals surface area contributed by atoms with Crippen LogP contribution in [0.4, 0.5) is 0 Å². The van der Waals surface area contributed by atoms with Gasteiger partial charge >= 0.3 is 5.97 Å². The van der Waals surface area contributed by atoms with Gasteiger partial charge in [0, 0.05) is 5.56 Å². The Labute approximate surface area is 171 Å². The topological polar surface area (TPSA) is 76.1 Å². The summed E-state index contributed by atoms with van der Waals surface area (Å²) in [5.41, 5.74) is 1.11. The van der Waals surface area contributed by atoms with Crippen LogP contribution in [0.15, 0.2) is 53.4 Å². The van der Waals surface area contributed by atoms with E-state index in [-0.39, 0.29) is 4.32 Å². The van der Waals surface area contributed by atoms with Crippen molar-refractivity contribution in [2.24, 2.45) is 0 Å². The quantitative estimate of drug-likeness (QED) is 0.569. The van der Waals surface area contributed by atoms with Gasteiger partial charge in [0.25, 0.3) is 5.91 Å². The molecule has 28 heavy (non-hydrogen) atoms. The van der Waals surface area contributed by atoms with Gasteiger partial charge < -0.3 is 14.6 Å². The van der Waals surface area contributed by atoms with Crippen molar-refractivity contribution in [2.45, 2.75) is 6.04 Å². The molecule has 0 bridgehead atoms. The number of rotatable bonds is 6. The molecule has 3 rings (SSSR count). The van der Waals surface area contributed by atoms with Crippen molar-refractivity contribution in [1.29, 1.82) is 0 Å². The van der Waals surface area contributed by atoms with E-state index in [1.807, 2.05) is 0 Å². The van der Waals surface area contributed by atoms with E-state index >= 15 is 0 Å². The molecular formula is C20H17NO5S2. The predicted octanol–water partition coefficient (Wildman–Crippen LogP) is 3.73. The van der Waals surface area contributed by atoms with Gasteiger partial charge in [0.05, 0.1) is 19.1 Å². The zero-order chi connectivity index (χ0) is 20.3. The summed E-state index contributed by atoms with van der Waals surface area (Å²) in [6, 6.07) is 12.6. The molecule has 1 heterocycles. The van der Waals surface area contributed by atoms with E-state index in [0.717, 1.165) is 16.7 Å². The number of aliphatic carboxylic acids is 1. The van der Waals surface area contributed by atoms with Gasteiger partial charge in [0.1, 0.15) is 15.8 Å². The molecule has 8 heteroatoms. The number of carbonyl (C=O) groups is 2. The van der Waals surface area contributed by atoms with Crippen LogP contribution >= 0.6 is 24.0 Å². The summed E-state index contributed by atoms with van der Waals surface area (Å²) in [5, 5.41) is 9.73. The van der Waals surface area contributed by atoms with Crippen molar-refractivity contribution < 1.29 is 24.2 Å². The Balaban J connectivity index is 2.00. The fraction of sp³-hybridized carbons (Fsp3) is 0.150. The first-order chi connectivity index (χ1) is 13.5. The fourth-order valence-corrected chi connectivity index (χ4v) is 4.14. The van der Waals surface area contributed by atoms with E-state index in [1.54, 1.807) is 61.7 Å². The molecule has 1 aliphatic rings. The lowest BCUT2D eigenvalue weighted by atomic mass is 10.1. The van der Waals surface area contributed by atoms with Crippen LogP contribution in [0.3, 0.4) is 0 Å². The molecule has 144 valence electrons. The fourth-order valence-electron chi connectivity index (χ4n) is 2.83. The second-order valence-corrected chi connectivity index (χ2v) is 7.49. The molecule has 1 aliphatic heterocycles. The average Bonchev–Trinajstić information content (AvgIpc) is 2.96. The van der Waals surface area contributed by atoms with E-state index in [2.05, 4.69) is 0 Å². The number of methoxy groups -OCH3 is 2. The van der Waals surface area contributed by atoms with Crippen LogP contribution in [0.5, 0.6) is 11.5 Å². The van der Waals surface area contributed by atoms with Crippen LogP contribution < -0.4 is 9.47 Å². The maximum atomic E-state index is 13.0. The molecule has 0 saturated carbocycles. The first-order valence-corrected chi connectivity index (χ1v) is 9.45. The van der Waals surface area contributed by atoms with Gasteiger partial charge in [-0.15, -0.1) is 0 Å². The molecule has 1 amide bonds. The maximum Gasteiger partial charge on any atom is 0.331 e. The second kappa shape index (κ2) is 8.45. The number of benzene rings is 2. The van der Waals surface area contributed by atoms with Crippen LogP contribution in [0.25, 0.3) is 6.08 Å². The molecule has 0 radical (unpaired) electrons. The third kappa shape index (κ3) is 3.88. The summed E-state index contributed by atoms with van der Waals surface area (Å²) >= 11 is 6.38. The van der Waals surface area contributed by atoms with E-state index in [4.69, 9.17) is 21.7 Å². The molecule has 0 aliphatic carbocycles. The zero-order valence-electron chi connectivity index (χ0n) is 15.1. The highest BCUT2D eigenvalue weighted by Gasteiger charge is 2.41. The minimum Gasteiger partial charge on any atom is -0.497 e. The summed E-state index contributed by atoms with van der Waals surface area (Å²) in [6.07, 6.45) is 1.63. The van der Waals surface area contributed by atoms with Gasteiger partial charge in [-0.1, -0.05) is 54.3 Å². The Bertz CT molecular complexity index is 958. The lowest BCUT2D eigenvalue weighted by Gasteiger charge is -2.23. The zero-order valence-corrected chi connectivity index (χ0v) is 16.8. The summed E-state index contributed by atoms with van der Waals surface area (Å²) in [6.45, 7) is 0. The van der Waals surface area contributed by atoms with Gasteiger partial charge in [-0.2, -0.15) is 0 Å². The van der Waals surface area contributed by atoms with Gasteiger partial charge in [-0.25, -0.2) is 4.79 Å². The van der Waals surface area contributed by atoms with Gasteiger partial charge in [-0.05, 0) is 29.8 Å². The number of thioether (sulfide) groups is 1. The molecule has 1 fully saturated rings. The molecule has 2 aromatic carbocycles. The Kier molecular flexibility index (Phi) is 6.01. The number of ether oxygens (including phenoxy) is 2. The highest BCUT2D eigenvalue weighted by Crippen LogP contribution is 2.39. The van der Waals surface area contributed by atoms with Crippen LogP contribution in [-0.4, -0.2) is 40.4 Å². The number of nitrogens with zero attached hydrogens (tertiary/aromatic N) is 1. The van der Waals surface area contributed by atoms with Crippen LogP contribution in [-0.2, 0) is 9.59 Å². The highest BCUT2D eigenvalue weighted by atomic mass is 32.2. The van der Waals surface area contributed by atoms with E-state index < -0.39 is 17.9 Å². The lowest BCUT2D eigenvalue weighted by Crippen LogP contribution is -2.37. The number of hydrogen-bond acceptors (Lipinski definition) is 6. The molecule has 0 unspecified atom stereocenters. The number of carboxylic acids is 1. The number of hydrogen-bond donors (Lipinski definition) is 1. The number of carboxylic acid groups (broad SMARTS) is 1. The van der Waals surface area contributed by atoms with E-state index in [9.17, 15) is 14.7 Å². The largest absolute Gasteiger partial charge is 0.497 e. The van der Waals surface area contributed by atoms with Crippen molar-refractivity contribution in [1.82, 2.24) is 4.90 Å². The maximum absolute atomic E-state index is 13.0. The number of carbonyl (C=O) groups excluding carboxylic acids is 1. The van der Waals surface area contributed by atoms with Crippen molar-refractivity contribution in [3.05, 3.63) is 64.6 Å². The predicted molar refractivity (Wildman–Crippen MR) is 111 cm³/mol. The highest BCUT2D eigenvalue weighted by molar-refractivity contribution is 8.26. The molecule has 0 spiro atoms. The Hall–Kier alpha value is -2.84. The summed E-state index contributed by atoms with van der Waals surface area (Å²) < 4.78 is 10.8. The van der Waals surface area contributed by atoms with Gasteiger partial charge in [0.15, 0.2) is 6.04 Å². The number of thiocarbonyl (C=S) groups is 1. The smallest absolute Gasteiger partial charge is 0.331 e. The van der Waals surface area contributed by atoms with Crippen molar-refractivity contribution in [3.63, 3.8) is 0 Å². The first-order valence-electron chi connectivity index (χ1n) is 8.23. The third-order valence-electron chi connectivity index (χ3n) is 4.15. The standard InChI is InChI=1S/C20H17NO5S2/c1-25-14-8-9-15(26-2)13(10-14)11-16-18(22)21(20(27)28-16)17(19(23)24)12-6-4-3-5-7-12/h3-11,17H,1-2H3,(H,23,24)/b16-11-/t17-/m0/s1. The molecule has 0 aromatic heterocycles. The normalized spacial score (nSPS) is 16.4. The molecule has 6 nitrogen and oxygen atoms in total. The van der Waals surface area contributed by atoms with Gasteiger partial charge in [-0.3, -0.25) is 9.69 Å². The van der Waals surface area contributed by atoms with E-state index in [0.29, 0.717) is 27.5 Å². The average molecular weight is 415 g/mol. The van der Waals surface area contributed by atoms with Crippen LogP contribution in [0.2, 0.25) is 0 Å². The van der Waals surface area contributed by atoms with Crippen molar-refractivity contribution >= 4 is 46.3 Å². The molecule has 1 saturated heterocycles. The Morgan fingerprint density at radius 2 is 1.89 bits per heavy atom. The monoisotopic (exact) mass is 415 g/mol. The summed E-state index contributed by atoms with van der Waals surface area (Å²) in [4.78, 5) is 26.4. The summed E-state index contributed by atoms with van der Waals surface area (Å²) in [5.74, 6) is -0.446. The minimum absolute atomic E-state index is 0.189. The van der Waals surface area contributed by atoms with Crippen LogP contribution in [0, 0.1) is 0 Å². The Morgan fingerprint density at radius 1 is 1.18 bits per heavy atom. The molecular weight excluding hydrogens is 398 g/mol. The minimum atomic E-state index is -1.19. The van der Waals surface area contributed by atoms with Crippen LogP contribution in [0.1, 0.15) is 17.2 Å². The van der Waals surface area contributed by atoms with Gasteiger partial charge in [0.2, 0.25) is 0 Å². The Morgan fingerprint density at radius 3 is 2.50 bits per heavy atom. The SMILES string of the molecule is COc1ccc(OC)c(/C=C2\SC(=S)N([C@H](C(=O)O)c3ccccc3)C2=O)c1. The first kappa shape index (κ1) is 19.9. The summed E-state index contributed by atoms with van der Waals surface area (Å²) in [7, 11) is 3.07. The molecule has 1 atom stereocenters. The molecule has 2 aromatic rings. The van der Waals surface area contributed by atoms with Crippen molar-refractivity contribution in [3.8, 4) is 11.5 Å². The second-order valence-electron chi connectivity index (χ2n) is 5.81. The number of amides is 1. The van der Waals surface area contributed by atoms with E-state index in [1.165, 1.54) is 7.11 Å². The lowest BCUT2D eigenvalue weighted by molar-refractivity contribution is -0.145. The third-order valence-corrected chi connectivity index (χ3v) is 5.48.